The van der Waals surface area contributed by atoms with E-state index >= 15 is 0 Å². The molecule has 0 spiro atoms. The Hall–Kier alpha value is -3.05. The van der Waals surface area contributed by atoms with Crippen molar-refractivity contribution in [2.45, 2.75) is 47.3 Å². The third-order valence-electron chi connectivity index (χ3n) is 6.47. The summed E-state index contributed by atoms with van der Waals surface area (Å²) in [4.78, 5) is 11.7. The van der Waals surface area contributed by atoms with E-state index in [1.54, 1.807) is 0 Å². The maximum absolute atomic E-state index is 14.1. The summed E-state index contributed by atoms with van der Waals surface area (Å²) >= 11 is 6.26. The van der Waals surface area contributed by atoms with Gasteiger partial charge in [0.25, 0.3) is 10.0 Å². The van der Waals surface area contributed by atoms with Crippen LogP contribution in [0, 0.1) is 0 Å². The standard InChI is InChI=1S/C23H21ClF6N4O5S2/c1-13(2)40(36,37)14-6-8-15(9-7-14)41(38,39)34-17-5-3-4-16(24)19(17)20(31-34)33-11-10-32(21(35)23(28,29)30)12-18(33)22(25,26)27/h3-9,13,18H,10-12H2,1-2H3/t18-/m0/s1. The molecule has 0 bridgehead atoms. The Morgan fingerprint density at radius 3 is 2.07 bits per heavy atom. The fraction of sp³-hybridized carbons (Fsp3) is 0.391. The number of aromatic nitrogens is 2. The van der Waals surface area contributed by atoms with Crippen molar-refractivity contribution in [3.05, 3.63) is 47.5 Å². The van der Waals surface area contributed by atoms with Crippen LogP contribution in [0.25, 0.3) is 10.9 Å². The molecule has 0 saturated carbocycles. The highest BCUT2D eigenvalue weighted by molar-refractivity contribution is 7.92. The molecule has 18 heteroatoms. The van der Waals surface area contributed by atoms with E-state index in [4.69, 9.17) is 11.6 Å². The number of carbonyl (C=O) groups is 1. The molecule has 1 atom stereocenters. The van der Waals surface area contributed by atoms with Crippen LogP contribution in [-0.4, -0.2) is 80.1 Å². The number of fused-ring (bicyclic) bond motifs is 1. The first kappa shape index (κ1) is 30.9. The number of rotatable bonds is 5. The Bertz CT molecular complexity index is 1700. The lowest BCUT2D eigenvalue weighted by Crippen LogP contribution is -2.62. The molecule has 2 aromatic carbocycles. The Morgan fingerprint density at radius 2 is 1.54 bits per heavy atom. The average molecular weight is 647 g/mol. The zero-order valence-electron chi connectivity index (χ0n) is 21.1. The monoisotopic (exact) mass is 646 g/mol. The van der Waals surface area contributed by atoms with Crippen LogP contribution < -0.4 is 4.90 Å². The minimum absolute atomic E-state index is 0.0267. The number of alkyl halides is 6. The number of nitrogens with zero attached hydrogens (tertiary/aromatic N) is 4. The molecule has 1 aromatic heterocycles. The lowest BCUT2D eigenvalue weighted by molar-refractivity contribution is -0.192. The molecule has 9 nitrogen and oxygen atoms in total. The van der Waals surface area contributed by atoms with Gasteiger partial charge in [-0.15, -0.1) is 5.10 Å². The summed E-state index contributed by atoms with van der Waals surface area (Å²) in [7, 11) is -8.39. The van der Waals surface area contributed by atoms with Crippen molar-refractivity contribution >= 4 is 54.1 Å². The van der Waals surface area contributed by atoms with Gasteiger partial charge in [0.05, 0.1) is 37.5 Å². The summed E-state index contributed by atoms with van der Waals surface area (Å²) in [6, 6.07) is 5.28. The van der Waals surface area contributed by atoms with Crippen LogP contribution in [0.4, 0.5) is 32.2 Å². The first-order chi connectivity index (χ1) is 18.8. The molecular formula is C23H21ClF6N4O5S2. The normalized spacial score (nSPS) is 17.5. The lowest BCUT2D eigenvalue weighted by atomic mass is 10.1. The zero-order valence-corrected chi connectivity index (χ0v) is 23.5. The van der Waals surface area contributed by atoms with Gasteiger partial charge in [0.2, 0.25) is 0 Å². The summed E-state index contributed by atoms with van der Waals surface area (Å²) < 4.78 is 134. The number of benzene rings is 2. The average Bonchev–Trinajstić information content (AvgIpc) is 3.28. The smallest absolute Gasteiger partial charge is 0.339 e. The van der Waals surface area contributed by atoms with E-state index in [1.165, 1.54) is 32.0 Å². The van der Waals surface area contributed by atoms with E-state index in [1.807, 2.05) is 0 Å². The maximum atomic E-state index is 14.1. The van der Waals surface area contributed by atoms with Crippen molar-refractivity contribution < 1.29 is 48.0 Å². The van der Waals surface area contributed by atoms with Crippen LogP contribution in [0.3, 0.4) is 0 Å². The van der Waals surface area contributed by atoms with Crippen LogP contribution in [-0.2, 0) is 24.7 Å². The molecule has 0 unspecified atom stereocenters. The summed E-state index contributed by atoms with van der Waals surface area (Å²) in [5.41, 5.74) is -0.235. The predicted molar refractivity (Wildman–Crippen MR) is 136 cm³/mol. The Balaban J connectivity index is 1.83. The molecule has 0 aliphatic carbocycles. The molecule has 1 aliphatic heterocycles. The second-order valence-electron chi connectivity index (χ2n) is 9.37. The van der Waals surface area contributed by atoms with Crippen molar-refractivity contribution in [3.8, 4) is 0 Å². The van der Waals surface area contributed by atoms with Crippen molar-refractivity contribution in [3.63, 3.8) is 0 Å². The molecule has 1 aliphatic rings. The zero-order chi connectivity index (χ0) is 30.7. The molecule has 1 fully saturated rings. The van der Waals surface area contributed by atoms with Gasteiger partial charge in [0, 0.05) is 13.1 Å². The summed E-state index contributed by atoms with van der Waals surface area (Å²) in [5, 5.41) is 2.73. The maximum Gasteiger partial charge on any atom is 0.471 e. The van der Waals surface area contributed by atoms with Crippen LogP contribution in [0.1, 0.15) is 13.8 Å². The number of amides is 1. The molecule has 4 rings (SSSR count). The third-order valence-corrected chi connectivity index (χ3v) is 10.6. The van der Waals surface area contributed by atoms with Gasteiger partial charge in [0.1, 0.15) is 6.04 Å². The minimum atomic E-state index is -5.39. The van der Waals surface area contributed by atoms with Gasteiger partial charge in [-0.25, -0.2) is 8.42 Å². The molecule has 224 valence electrons. The van der Waals surface area contributed by atoms with Gasteiger partial charge < -0.3 is 9.80 Å². The van der Waals surface area contributed by atoms with Gasteiger partial charge in [0.15, 0.2) is 15.7 Å². The van der Waals surface area contributed by atoms with E-state index in [9.17, 15) is 48.0 Å². The molecule has 0 radical (unpaired) electrons. The number of hydrogen-bond acceptors (Lipinski definition) is 7. The van der Waals surface area contributed by atoms with Gasteiger partial charge in [-0.1, -0.05) is 17.7 Å². The van der Waals surface area contributed by atoms with E-state index in [-0.39, 0.29) is 25.7 Å². The molecule has 3 aromatic rings. The summed E-state index contributed by atoms with van der Waals surface area (Å²) in [6.45, 7) is -0.0467. The Labute approximate surface area is 235 Å². The van der Waals surface area contributed by atoms with Gasteiger partial charge in [-0.2, -0.15) is 38.8 Å². The Kier molecular flexibility index (Phi) is 7.79. The van der Waals surface area contributed by atoms with Crippen molar-refractivity contribution in [2.75, 3.05) is 24.5 Å². The lowest BCUT2D eigenvalue weighted by Gasteiger charge is -2.42. The minimum Gasteiger partial charge on any atom is -0.339 e. The molecule has 0 N–H and O–H groups in total. The van der Waals surface area contributed by atoms with Gasteiger partial charge in [-0.05, 0) is 50.2 Å². The Morgan fingerprint density at radius 1 is 0.951 bits per heavy atom. The fourth-order valence-corrected chi connectivity index (χ4v) is 6.91. The van der Waals surface area contributed by atoms with Crippen LogP contribution in [0.2, 0.25) is 5.02 Å². The van der Waals surface area contributed by atoms with E-state index < -0.39 is 79.8 Å². The first-order valence-corrected chi connectivity index (χ1v) is 15.1. The number of piperazine rings is 1. The second kappa shape index (κ2) is 10.3. The number of anilines is 1. The van der Waals surface area contributed by atoms with Crippen molar-refractivity contribution in [1.82, 2.24) is 14.1 Å². The topological polar surface area (TPSA) is 110 Å². The number of hydrogen-bond donors (Lipinski definition) is 0. The molecular weight excluding hydrogens is 626 g/mol. The molecule has 1 saturated heterocycles. The fourth-order valence-electron chi connectivity index (χ4n) is 4.32. The summed E-state index contributed by atoms with van der Waals surface area (Å²) in [5.74, 6) is -3.01. The van der Waals surface area contributed by atoms with Gasteiger partial charge >= 0.3 is 18.3 Å². The predicted octanol–water partition coefficient (Wildman–Crippen LogP) is 4.25. The number of halogens is 7. The highest BCUT2D eigenvalue weighted by Crippen LogP contribution is 2.39. The van der Waals surface area contributed by atoms with E-state index in [0.29, 0.717) is 8.99 Å². The van der Waals surface area contributed by atoms with Gasteiger partial charge in [-0.3, -0.25) is 4.79 Å². The second-order valence-corrected chi connectivity index (χ2v) is 14.0. The largest absolute Gasteiger partial charge is 0.471 e. The first-order valence-electron chi connectivity index (χ1n) is 11.7. The third kappa shape index (κ3) is 5.58. The number of carbonyl (C=O) groups excluding carboxylic acids is 1. The summed E-state index contributed by atoms with van der Waals surface area (Å²) in [6.07, 6.45) is -10.5. The van der Waals surface area contributed by atoms with E-state index in [0.717, 1.165) is 24.3 Å². The van der Waals surface area contributed by atoms with Crippen molar-refractivity contribution in [2.24, 2.45) is 0 Å². The van der Waals surface area contributed by atoms with Crippen LogP contribution in [0.5, 0.6) is 0 Å². The molecule has 41 heavy (non-hydrogen) atoms. The van der Waals surface area contributed by atoms with E-state index in [2.05, 4.69) is 5.10 Å². The highest BCUT2D eigenvalue weighted by Gasteiger charge is 2.52. The quantitative estimate of drug-likeness (QED) is 0.381. The molecule has 1 amide bonds. The van der Waals surface area contributed by atoms with Crippen LogP contribution >= 0.6 is 11.6 Å². The van der Waals surface area contributed by atoms with Crippen molar-refractivity contribution in [1.29, 1.82) is 0 Å². The molecule has 2 heterocycles. The number of sulfone groups is 1. The van der Waals surface area contributed by atoms with Crippen LogP contribution in [0.15, 0.2) is 52.3 Å². The SMILES string of the molecule is CC(C)S(=O)(=O)c1ccc(S(=O)(=O)n2nc(N3CCN(C(=O)C(F)(F)F)C[C@H]3C(F)(F)F)c3c(Cl)cccc32)cc1. The highest BCUT2D eigenvalue weighted by atomic mass is 35.5.